The molecule has 0 aliphatic carbocycles. The van der Waals surface area contributed by atoms with Crippen molar-refractivity contribution in [3.63, 3.8) is 0 Å². The molecule has 1 aromatic heterocycles. The largest absolute Gasteiger partial charge is 0.497 e. The number of benzene rings is 1. The van der Waals surface area contributed by atoms with Crippen molar-refractivity contribution in [1.82, 2.24) is 20.2 Å². The van der Waals surface area contributed by atoms with Gasteiger partial charge in [-0.15, -0.1) is 24.0 Å². The van der Waals surface area contributed by atoms with Gasteiger partial charge in [-0.1, -0.05) is 0 Å². The minimum atomic E-state index is 0. The molecule has 2 heterocycles. The van der Waals surface area contributed by atoms with Gasteiger partial charge in [0.1, 0.15) is 11.5 Å². The van der Waals surface area contributed by atoms with Crippen molar-refractivity contribution in [2.24, 2.45) is 4.99 Å². The molecular formula is C21H31IN6O2. The Morgan fingerprint density at radius 3 is 2.47 bits per heavy atom. The molecule has 0 bridgehead atoms. The molecule has 3 rings (SSSR count). The third kappa shape index (κ3) is 6.35. The van der Waals surface area contributed by atoms with Gasteiger partial charge in [0.05, 0.1) is 14.2 Å². The number of aromatic nitrogens is 2. The first-order chi connectivity index (χ1) is 14.2. The standard InChI is InChI=1S/C21H30N6O2.HI/c1-4-22-20(25-11-8-17-16-18(28-2)6-7-19(17)29-3)26-12-14-27(15-13-26)21-23-9-5-10-24-21;/h5-7,9-10,16H,4,8,11-15H2,1-3H3,(H,22,25);1H. The van der Waals surface area contributed by atoms with Gasteiger partial charge in [0.2, 0.25) is 5.95 Å². The molecule has 9 heteroatoms. The van der Waals surface area contributed by atoms with E-state index < -0.39 is 0 Å². The lowest BCUT2D eigenvalue weighted by molar-refractivity contribution is 0.370. The van der Waals surface area contributed by atoms with E-state index in [4.69, 9.17) is 14.5 Å². The molecule has 1 aromatic carbocycles. The van der Waals surface area contributed by atoms with Crippen LogP contribution < -0.4 is 19.7 Å². The number of hydrogen-bond donors (Lipinski definition) is 1. The monoisotopic (exact) mass is 526 g/mol. The Morgan fingerprint density at radius 1 is 1.10 bits per heavy atom. The molecule has 1 fully saturated rings. The van der Waals surface area contributed by atoms with Crippen LogP contribution in [0.1, 0.15) is 12.5 Å². The maximum absolute atomic E-state index is 5.47. The van der Waals surface area contributed by atoms with E-state index in [1.807, 2.05) is 24.3 Å². The van der Waals surface area contributed by atoms with Gasteiger partial charge in [-0.2, -0.15) is 0 Å². The average Bonchev–Trinajstić information content (AvgIpc) is 2.79. The maximum Gasteiger partial charge on any atom is 0.225 e. The van der Waals surface area contributed by atoms with Crippen LogP contribution >= 0.6 is 24.0 Å². The molecule has 30 heavy (non-hydrogen) atoms. The van der Waals surface area contributed by atoms with Gasteiger partial charge in [0.15, 0.2) is 5.96 Å². The molecule has 0 spiro atoms. The summed E-state index contributed by atoms with van der Waals surface area (Å²) >= 11 is 0. The first-order valence-corrected chi connectivity index (χ1v) is 10.0. The number of piperazine rings is 1. The van der Waals surface area contributed by atoms with Crippen LogP contribution in [-0.2, 0) is 6.42 Å². The summed E-state index contributed by atoms with van der Waals surface area (Å²) in [6.45, 7) is 7.11. The predicted octanol–water partition coefficient (Wildman–Crippen LogP) is 2.44. The lowest BCUT2D eigenvalue weighted by Crippen LogP contribution is -2.53. The molecule has 1 aliphatic rings. The van der Waals surface area contributed by atoms with E-state index in [2.05, 4.69) is 32.0 Å². The summed E-state index contributed by atoms with van der Waals surface area (Å²) in [5.41, 5.74) is 1.09. The van der Waals surface area contributed by atoms with Crippen molar-refractivity contribution in [1.29, 1.82) is 0 Å². The van der Waals surface area contributed by atoms with E-state index >= 15 is 0 Å². The fourth-order valence-corrected chi connectivity index (χ4v) is 3.36. The van der Waals surface area contributed by atoms with E-state index in [1.165, 1.54) is 0 Å². The summed E-state index contributed by atoms with van der Waals surface area (Å²) in [5.74, 6) is 3.43. The average molecular weight is 526 g/mol. The number of methoxy groups -OCH3 is 2. The van der Waals surface area contributed by atoms with Gasteiger partial charge in [-0.3, -0.25) is 4.99 Å². The highest BCUT2D eigenvalue weighted by molar-refractivity contribution is 14.0. The molecule has 164 valence electrons. The molecule has 0 saturated carbocycles. The Labute approximate surface area is 195 Å². The smallest absolute Gasteiger partial charge is 0.225 e. The zero-order valence-electron chi connectivity index (χ0n) is 17.9. The van der Waals surface area contributed by atoms with Crippen LogP contribution in [0, 0.1) is 0 Å². The minimum Gasteiger partial charge on any atom is -0.497 e. The maximum atomic E-state index is 5.47. The molecule has 1 aliphatic heterocycles. The summed E-state index contributed by atoms with van der Waals surface area (Å²) < 4.78 is 10.8. The van der Waals surface area contributed by atoms with Crippen molar-refractivity contribution in [2.45, 2.75) is 13.3 Å². The lowest BCUT2D eigenvalue weighted by atomic mass is 10.1. The third-order valence-electron chi connectivity index (χ3n) is 4.88. The third-order valence-corrected chi connectivity index (χ3v) is 4.88. The normalized spacial score (nSPS) is 14.2. The number of rotatable bonds is 7. The van der Waals surface area contributed by atoms with Crippen LogP contribution in [0.2, 0.25) is 0 Å². The number of hydrogen-bond acceptors (Lipinski definition) is 6. The van der Waals surface area contributed by atoms with Crippen molar-refractivity contribution < 1.29 is 9.47 Å². The second-order valence-electron chi connectivity index (χ2n) is 6.69. The zero-order valence-corrected chi connectivity index (χ0v) is 20.2. The Morgan fingerprint density at radius 2 is 1.83 bits per heavy atom. The molecule has 0 atom stereocenters. The highest BCUT2D eigenvalue weighted by atomic mass is 127. The summed E-state index contributed by atoms with van der Waals surface area (Å²) in [6.07, 6.45) is 4.35. The van der Waals surface area contributed by atoms with E-state index in [1.54, 1.807) is 26.6 Å². The van der Waals surface area contributed by atoms with Gasteiger partial charge in [-0.05, 0) is 43.2 Å². The lowest BCUT2D eigenvalue weighted by Gasteiger charge is -2.36. The number of ether oxygens (including phenoxy) is 2. The van der Waals surface area contributed by atoms with Crippen molar-refractivity contribution in [3.8, 4) is 11.5 Å². The second-order valence-corrected chi connectivity index (χ2v) is 6.69. The molecule has 0 unspecified atom stereocenters. The topological polar surface area (TPSA) is 75.1 Å². The molecule has 1 N–H and O–H groups in total. The van der Waals surface area contributed by atoms with E-state index in [0.717, 1.165) is 68.1 Å². The molecule has 2 aromatic rings. The van der Waals surface area contributed by atoms with Gasteiger partial charge >= 0.3 is 0 Å². The molecule has 1 saturated heterocycles. The molecule has 0 amide bonds. The van der Waals surface area contributed by atoms with E-state index in [-0.39, 0.29) is 24.0 Å². The number of anilines is 1. The van der Waals surface area contributed by atoms with Crippen LogP contribution in [0.25, 0.3) is 0 Å². The molecular weight excluding hydrogens is 495 g/mol. The number of nitrogens with one attached hydrogen (secondary N) is 1. The molecule has 8 nitrogen and oxygen atoms in total. The Balaban J connectivity index is 0.00000320. The van der Waals surface area contributed by atoms with Crippen LogP contribution in [0.4, 0.5) is 5.95 Å². The second kappa shape index (κ2) is 12.4. The number of guanidine groups is 1. The van der Waals surface area contributed by atoms with Gasteiger partial charge in [-0.25, -0.2) is 9.97 Å². The van der Waals surface area contributed by atoms with E-state index in [9.17, 15) is 0 Å². The van der Waals surface area contributed by atoms with Crippen LogP contribution in [-0.4, -0.2) is 74.3 Å². The van der Waals surface area contributed by atoms with Gasteiger partial charge < -0.3 is 24.6 Å². The van der Waals surface area contributed by atoms with Crippen LogP contribution in [0.3, 0.4) is 0 Å². The Kier molecular flexibility index (Phi) is 9.92. The highest BCUT2D eigenvalue weighted by Crippen LogP contribution is 2.24. The Bertz CT molecular complexity index is 797. The summed E-state index contributed by atoms with van der Waals surface area (Å²) in [4.78, 5) is 18.1. The predicted molar refractivity (Wildman–Crippen MR) is 130 cm³/mol. The van der Waals surface area contributed by atoms with Crippen molar-refractivity contribution in [3.05, 3.63) is 42.2 Å². The Hall–Kier alpha value is -2.30. The number of halogens is 1. The summed E-state index contributed by atoms with van der Waals surface area (Å²) in [6, 6.07) is 7.70. The van der Waals surface area contributed by atoms with E-state index in [0.29, 0.717) is 6.54 Å². The first kappa shape index (κ1) is 24.0. The van der Waals surface area contributed by atoms with Crippen LogP contribution in [0.5, 0.6) is 11.5 Å². The zero-order chi connectivity index (χ0) is 20.5. The van der Waals surface area contributed by atoms with Crippen LogP contribution in [0.15, 0.2) is 41.7 Å². The SMILES string of the molecule is CCNC(=NCCc1cc(OC)ccc1OC)N1CCN(c2ncccn2)CC1.I. The minimum absolute atomic E-state index is 0. The fourth-order valence-electron chi connectivity index (χ4n) is 3.36. The number of nitrogens with zero attached hydrogens (tertiary/aromatic N) is 5. The fraction of sp³-hybridized carbons (Fsp3) is 0.476. The van der Waals surface area contributed by atoms with Gasteiger partial charge in [0, 0.05) is 51.7 Å². The van der Waals surface area contributed by atoms with Gasteiger partial charge in [0.25, 0.3) is 0 Å². The quantitative estimate of drug-likeness (QED) is 0.338. The number of aliphatic imine (C=N–C) groups is 1. The summed E-state index contributed by atoms with van der Waals surface area (Å²) in [7, 11) is 3.36. The highest BCUT2D eigenvalue weighted by Gasteiger charge is 2.21. The molecule has 0 radical (unpaired) electrons. The first-order valence-electron chi connectivity index (χ1n) is 10.0. The summed E-state index contributed by atoms with van der Waals surface area (Å²) in [5, 5.41) is 3.41. The van der Waals surface area contributed by atoms with Crippen molar-refractivity contribution in [2.75, 3.05) is 58.4 Å². The van der Waals surface area contributed by atoms with Crippen molar-refractivity contribution >= 4 is 35.9 Å².